The van der Waals surface area contributed by atoms with Gasteiger partial charge in [0.05, 0.1) is 24.4 Å². The lowest BCUT2D eigenvalue weighted by atomic mass is 10.1. The van der Waals surface area contributed by atoms with Gasteiger partial charge in [-0.2, -0.15) is 10.2 Å². The van der Waals surface area contributed by atoms with Crippen LogP contribution in [-0.4, -0.2) is 43.8 Å². The topological polar surface area (TPSA) is 113 Å². The van der Waals surface area contributed by atoms with Crippen LogP contribution in [0.2, 0.25) is 0 Å². The van der Waals surface area contributed by atoms with E-state index in [4.69, 9.17) is 0 Å². The number of hydrogen-bond acceptors (Lipinski definition) is 5. The molecule has 0 aliphatic heterocycles. The number of benzene rings is 1. The van der Waals surface area contributed by atoms with Gasteiger partial charge in [0.1, 0.15) is 5.52 Å². The molecule has 0 radical (unpaired) electrons. The number of carbonyl (C=O) groups excluding carboxylic acids is 1. The van der Waals surface area contributed by atoms with Crippen LogP contribution in [0.4, 0.5) is 4.79 Å². The van der Waals surface area contributed by atoms with Gasteiger partial charge in [0.2, 0.25) is 0 Å². The summed E-state index contributed by atoms with van der Waals surface area (Å²) >= 11 is 0. The number of carbonyl (C=O) groups is 1. The van der Waals surface area contributed by atoms with Crippen LogP contribution in [0.1, 0.15) is 5.56 Å². The summed E-state index contributed by atoms with van der Waals surface area (Å²) in [6.07, 6.45) is 1.87. The number of H-pyrrole nitrogens is 1. The molecule has 2 aromatic heterocycles. The molecule has 1 amide bonds. The molecule has 0 aliphatic rings. The number of fused-ring (bicyclic) bond motifs is 1. The Labute approximate surface area is 130 Å². The molecule has 8 nitrogen and oxygen atoms in total. The molecule has 8 heteroatoms. The van der Waals surface area contributed by atoms with E-state index in [0.29, 0.717) is 17.5 Å². The normalized spacial score (nSPS) is 12.2. The first kappa shape index (κ1) is 14.9. The summed E-state index contributed by atoms with van der Waals surface area (Å²) in [5.74, 6) is 0. The van der Waals surface area contributed by atoms with Gasteiger partial charge in [-0.25, -0.2) is 4.79 Å². The third-order valence-electron chi connectivity index (χ3n) is 3.40. The second-order valence-corrected chi connectivity index (χ2v) is 5.08. The first-order valence-electron chi connectivity index (χ1n) is 7.06. The Bertz CT molecular complexity index is 871. The fraction of sp³-hybridized carbons (Fsp3) is 0.200. The van der Waals surface area contributed by atoms with Gasteiger partial charge in [0.15, 0.2) is 0 Å². The van der Waals surface area contributed by atoms with Crippen LogP contribution in [0.25, 0.3) is 11.0 Å². The van der Waals surface area contributed by atoms with Crippen LogP contribution in [0.15, 0.2) is 47.4 Å². The fourth-order valence-corrected chi connectivity index (χ4v) is 2.26. The van der Waals surface area contributed by atoms with Gasteiger partial charge in [-0.3, -0.25) is 9.89 Å². The molecule has 0 saturated carbocycles. The van der Waals surface area contributed by atoms with E-state index in [2.05, 4.69) is 20.6 Å². The molecule has 1 unspecified atom stereocenters. The smallest absolute Gasteiger partial charge is 0.345 e. The van der Waals surface area contributed by atoms with Gasteiger partial charge in [-0.05, 0) is 12.0 Å². The Hall–Kier alpha value is -3.00. The number of nitrogens with zero attached hydrogens (tertiary/aromatic N) is 3. The van der Waals surface area contributed by atoms with E-state index in [9.17, 15) is 14.7 Å². The maximum atomic E-state index is 12.2. The van der Waals surface area contributed by atoms with Crippen molar-refractivity contribution in [1.29, 1.82) is 0 Å². The maximum Gasteiger partial charge on any atom is 0.345 e. The average molecular weight is 313 g/mol. The number of nitrogens with one attached hydrogen (secondary N) is 2. The van der Waals surface area contributed by atoms with Crippen molar-refractivity contribution in [3.05, 3.63) is 58.5 Å². The second kappa shape index (κ2) is 6.41. The molecule has 3 N–H and O–H groups in total. The summed E-state index contributed by atoms with van der Waals surface area (Å²) in [6, 6.07) is 9.49. The summed E-state index contributed by atoms with van der Waals surface area (Å²) < 4.78 is 0.728. The predicted octanol–water partition coefficient (Wildman–Crippen LogP) is 0.281. The Morgan fingerprint density at radius 2 is 2.13 bits per heavy atom. The lowest BCUT2D eigenvalue weighted by molar-refractivity contribution is 0.214. The maximum absolute atomic E-state index is 12.2. The summed E-state index contributed by atoms with van der Waals surface area (Å²) in [5, 5.41) is 22.4. The Balaban J connectivity index is 1.78. The number of amides is 1. The van der Waals surface area contributed by atoms with Crippen molar-refractivity contribution in [1.82, 2.24) is 25.3 Å². The zero-order valence-electron chi connectivity index (χ0n) is 12.1. The molecule has 3 rings (SSSR count). The van der Waals surface area contributed by atoms with Crippen LogP contribution in [0.5, 0.6) is 0 Å². The molecule has 3 aromatic rings. The molecular formula is C15H15N5O3. The minimum absolute atomic E-state index is 0.247. The molecule has 0 bridgehead atoms. The van der Waals surface area contributed by atoms with Crippen molar-refractivity contribution in [2.75, 3.05) is 6.61 Å². The van der Waals surface area contributed by atoms with Gasteiger partial charge in [-0.15, -0.1) is 4.68 Å². The summed E-state index contributed by atoms with van der Waals surface area (Å²) in [5.41, 5.74) is 1.26. The molecular weight excluding hydrogens is 298 g/mol. The van der Waals surface area contributed by atoms with Crippen LogP contribution in [0, 0.1) is 0 Å². The number of rotatable bonds is 4. The van der Waals surface area contributed by atoms with Gasteiger partial charge >= 0.3 is 6.03 Å². The molecule has 1 atom stereocenters. The number of aromatic amines is 1. The molecule has 0 spiro atoms. The third kappa shape index (κ3) is 3.27. The van der Waals surface area contributed by atoms with E-state index in [0.717, 1.165) is 10.2 Å². The molecule has 0 saturated heterocycles. The lowest BCUT2D eigenvalue weighted by Gasteiger charge is -2.16. The SMILES string of the molecule is O=C(NC(CO)Cc1ccccc1)n1nc2cn[nH]c2cc1=O. The van der Waals surface area contributed by atoms with Crippen molar-refractivity contribution >= 4 is 17.1 Å². The van der Waals surface area contributed by atoms with E-state index < -0.39 is 17.6 Å². The van der Waals surface area contributed by atoms with E-state index in [1.54, 1.807) is 0 Å². The standard InChI is InChI=1S/C15H15N5O3/c21-9-11(6-10-4-2-1-3-5-10)17-15(23)20-14(22)7-12-13(19-20)8-16-18-12/h1-5,7-8,11,18,21H,6,9H2,(H,17,23). The van der Waals surface area contributed by atoms with Crippen molar-refractivity contribution in [2.24, 2.45) is 0 Å². The van der Waals surface area contributed by atoms with E-state index in [1.807, 2.05) is 30.3 Å². The number of hydrogen-bond donors (Lipinski definition) is 3. The van der Waals surface area contributed by atoms with Crippen molar-refractivity contribution < 1.29 is 9.90 Å². The average Bonchev–Trinajstić information content (AvgIpc) is 3.01. The molecule has 23 heavy (non-hydrogen) atoms. The molecule has 0 aliphatic carbocycles. The molecule has 0 fully saturated rings. The van der Waals surface area contributed by atoms with E-state index in [-0.39, 0.29) is 6.61 Å². The van der Waals surface area contributed by atoms with Gasteiger partial charge in [-0.1, -0.05) is 30.3 Å². The summed E-state index contributed by atoms with van der Waals surface area (Å²) in [4.78, 5) is 24.2. The first-order chi connectivity index (χ1) is 11.2. The monoisotopic (exact) mass is 313 g/mol. The van der Waals surface area contributed by atoms with Crippen LogP contribution < -0.4 is 10.9 Å². The summed E-state index contributed by atoms with van der Waals surface area (Å²) in [7, 11) is 0. The van der Waals surface area contributed by atoms with Crippen LogP contribution in [-0.2, 0) is 6.42 Å². The highest BCUT2D eigenvalue weighted by Gasteiger charge is 2.16. The van der Waals surface area contributed by atoms with E-state index in [1.165, 1.54) is 12.3 Å². The molecule has 118 valence electrons. The van der Waals surface area contributed by atoms with Crippen molar-refractivity contribution in [3.8, 4) is 0 Å². The largest absolute Gasteiger partial charge is 0.394 e. The fourth-order valence-electron chi connectivity index (χ4n) is 2.26. The van der Waals surface area contributed by atoms with Gasteiger partial charge < -0.3 is 10.4 Å². The highest BCUT2D eigenvalue weighted by molar-refractivity contribution is 5.79. The Morgan fingerprint density at radius 1 is 1.35 bits per heavy atom. The Kier molecular flexibility index (Phi) is 4.15. The highest BCUT2D eigenvalue weighted by atomic mass is 16.3. The third-order valence-corrected chi connectivity index (χ3v) is 3.40. The number of aromatic nitrogens is 4. The summed E-state index contributed by atoms with van der Waals surface area (Å²) in [6.45, 7) is -0.247. The number of aliphatic hydroxyl groups excluding tert-OH is 1. The van der Waals surface area contributed by atoms with Gasteiger partial charge in [0, 0.05) is 6.07 Å². The predicted molar refractivity (Wildman–Crippen MR) is 83.1 cm³/mol. The number of aliphatic hydroxyl groups is 1. The molecule has 1 aromatic carbocycles. The van der Waals surface area contributed by atoms with Gasteiger partial charge in [0.25, 0.3) is 5.56 Å². The highest BCUT2D eigenvalue weighted by Crippen LogP contribution is 2.04. The second-order valence-electron chi connectivity index (χ2n) is 5.08. The minimum Gasteiger partial charge on any atom is -0.394 e. The quantitative estimate of drug-likeness (QED) is 0.640. The van der Waals surface area contributed by atoms with Crippen molar-refractivity contribution in [2.45, 2.75) is 12.5 Å². The van der Waals surface area contributed by atoms with Crippen molar-refractivity contribution in [3.63, 3.8) is 0 Å². The molecule has 2 heterocycles. The van der Waals surface area contributed by atoms with Crippen LogP contribution >= 0.6 is 0 Å². The Morgan fingerprint density at radius 3 is 2.87 bits per heavy atom. The first-order valence-corrected chi connectivity index (χ1v) is 7.06. The lowest BCUT2D eigenvalue weighted by Crippen LogP contribution is -2.45. The minimum atomic E-state index is -0.687. The van der Waals surface area contributed by atoms with E-state index >= 15 is 0 Å². The van der Waals surface area contributed by atoms with Crippen LogP contribution in [0.3, 0.4) is 0 Å². The zero-order chi connectivity index (χ0) is 16.2. The zero-order valence-corrected chi connectivity index (χ0v) is 12.1.